The van der Waals surface area contributed by atoms with Crippen LogP contribution in [0, 0.1) is 0 Å². The van der Waals surface area contributed by atoms with Crippen molar-refractivity contribution in [1.29, 1.82) is 0 Å². The molecule has 0 radical (unpaired) electrons. The molecule has 0 aromatic carbocycles. The summed E-state index contributed by atoms with van der Waals surface area (Å²) in [5, 5.41) is 11.2. The van der Waals surface area contributed by atoms with E-state index in [2.05, 4.69) is 5.32 Å². The number of carboxylic acid groups (broad SMARTS) is 1. The van der Waals surface area contributed by atoms with Crippen LogP contribution < -0.4 is 5.32 Å². The summed E-state index contributed by atoms with van der Waals surface area (Å²) < 4.78 is 5.57. The zero-order valence-corrected chi connectivity index (χ0v) is 10.3. The molecule has 1 amide bonds. The minimum Gasteiger partial charge on any atom is -0.481 e. The maximum Gasteiger partial charge on any atom is 0.407 e. The van der Waals surface area contributed by atoms with Gasteiger partial charge in [-0.2, -0.15) is 0 Å². The normalized spacial score (nSPS) is 13.0. The minimum absolute atomic E-state index is 0.174. The van der Waals surface area contributed by atoms with Crippen molar-refractivity contribution < 1.29 is 23.9 Å². The third-order valence-corrected chi connectivity index (χ3v) is 1.75. The summed E-state index contributed by atoms with van der Waals surface area (Å²) in [6.07, 6.45) is -1.35. The van der Waals surface area contributed by atoms with E-state index in [0.29, 0.717) is 17.6 Å². The zero-order valence-electron chi connectivity index (χ0n) is 10.3. The molecule has 0 aromatic rings. The molecule has 0 saturated carbocycles. The number of likely N-dealkylation sites (N-methyl/N-ethyl adjacent to an activating group) is 1. The fourth-order valence-electron chi connectivity index (χ4n) is 1.29. The average Bonchev–Trinajstić information content (AvgIpc) is 1.98. The highest BCUT2D eigenvalue weighted by molar-refractivity contribution is 5.70. The van der Waals surface area contributed by atoms with Crippen LogP contribution in [-0.4, -0.2) is 62.0 Å². The van der Waals surface area contributed by atoms with Gasteiger partial charge >= 0.3 is 12.1 Å². The van der Waals surface area contributed by atoms with E-state index in [1.807, 2.05) is 21.1 Å². The van der Waals surface area contributed by atoms with E-state index < -0.39 is 18.2 Å². The van der Waals surface area contributed by atoms with E-state index in [4.69, 9.17) is 9.84 Å². The summed E-state index contributed by atoms with van der Waals surface area (Å²) in [6.45, 7) is 2.69. The van der Waals surface area contributed by atoms with Crippen molar-refractivity contribution in [3.63, 3.8) is 0 Å². The maximum atomic E-state index is 11.2. The molecule has 1 atom stereocenters. The fraction of sp³-hybridized carbons (Fsp3) is 0.800. The predicted molar refractivity (Wildman–Crippen MR) is 59.1 cm³/mol. The topological polar surface area (TPSA) is 75.6 Å². The molecule has 0 rings (SSSR count). The van der Waals surface area contributed by atoms with Crippen LogP contribution >= 0.6 is 0 Å². The first kappa shape index (κ1) is 14.7. The van der Waals surface area contributed by atoms with Gasteiger partial charge in [-0.1, -0.05) is 0 Å². The molecule has 0 saturated heterocycles. The molecule has 0 aliphatic rings. The van der Waals surface area contributed by atoms with Gasteiger partial charge in [0.15, 0.2) is 6.10 Å². The third kappa shape index (κ3) is 8.05. The Hall–Kier alpha value is -1.30. The molecule has 2 N–H and O–H groups in total. The molecule has 0 heterocycles. The van der Waals surface area contributed by atoms with Gasteiger partial charge in [-0.25, -0.2) is 4.79 Å². The first-order valence-corrected chi connectivity index (χ1v) is 5.21. The molecule has 0 fully saturated rings. The number of aliphatic carboxylic acids is 1. The standard InChI is InChI=1S/C10H20N2O4/c1-5-11-10(15)16-8(6-9(13)14)7-12(2,3)4/h8H,5-7H2,1-4H3,(H-,11,13,14,15)/p+1. The number of ether oxygens (including phenoxy) is 1. The SMILES string of the molecule is CCNC(=O)OC(CC(=O)O)C[N+](C)(C)C. The highest BCUT2D eigenvalue weighted by Crippen LogP contribution is 2.05. The number of carbonyl (C=O) groups is 2. The molecule has 94 valence electrons. The van der Waals surface area contributed by atoms with E-state index >= 15 is 0 Å². The Morgan fingerprint density at radius 2 is 1.94 bits per heavy atom. The molecule has 0 aliphatic heterocycles. The van der Waals surface area contributed by atoms with Crippen LogP contribution in [0.2, 0.25) is 0 Å². The minimum atomic E-state index is -0.970. The number of carbonyl (C=O) groups excluding carboxylic acids is 1. The summed E-state index contributed by atoms with van der Waals surface area (Å²) >= 11 is 0. The van der Waals surface area contributed by atoms with Crippen molar-refractivity contribution in [2.24, 2.45) is 0 Å². The summed E-state index contributed by atoms with van der Waals surface area (Å²) in [6, 6.07) is 0. The van der Waals surface area contributed by atoms with E-state index in [-0.39, 0.29) is 6.42 Å². The first-order valence-electron chi connectivity index (χ1n) is 5.21. The van der Waals surface area contributed by atoms with Gasteiger partial charge in [-0.3, -0.25) is 4.79 Å². The lowest BCUT2D eigenvalue weighted by Gasteiger charge is -2.28. The molecular formula is C10H21N2O4+. The number of hydrogen-bond acceptors (Lipinski definition) is 3. The van der Waals surface area contributed by atoms with Gasteiger partial charge in [-0.05, 0) is 6.92 Å². The van der Waals surface area contributed by atoms with E-state index in [1.165, 1.54) is 0 Å². The van der Waals surface area contributed by atoms with Crippen LogP contribution in [0.25, 0.3) is 0 Å². The number of alkyl carbamates (subject to hydrolysis) is 1. The molecule has 0 aromatic heterocycles. The van der Waals surface area contributed by atoms with Crippen molar-refractivity contribution in [3.8, 4) is 0 Å². The van der Waals surface area contributed by atoms with Crippen LogP contribution in [0.3, 0.4) is 0 Å². The zero-order chi connectivity index (χ0) is 12.8. The number of quaternary nitrogens is 1. The van der Waals surface area contributed by atoms with Gasteiger partial charge in [0.2, 0.25) is 0 Å². The Morgan fingerprint density at radius 3 is 2.31 bits per heavy atom. The van der Waals surface area contributed by atoms with Gasteiger partial charge in [0, 0.05) is 6.54 Å². The van der Waals surface area contributed by atoms with Crippen molar-refractivity contribution in [2.45, 2.75) is 19.4 Å². The van der Waals surface area contributed by atoms with Crippen molar-refractivity contribution in [3.05, 3.63) is 0 Å². The molecule has 1 unspecified atom stereocenters. The molecule has 0 bridgehead atoms. The Morgan fingerprint density at radius 1 is 1.38 bits per heavy atom. The Labute approximate surface area is 95.8 Å². The number of hydrogen-bond donors (Lipinski definition) is 2. The van der Waals surface area contributed by atoms with E-state index in [0.717, 1.165) is 0 Å². The van der Waals surface area contributed by atoms with E-state index in [9.17, 15) is 9.59 Å². The molecule has 6 heteroatoms. The van der Waals surface area contributed by atoms with Crippen LogP contribution in [0.5, 0.6) is 0 Å². The lowest BCUT2D eigenvalue weighted by molar-refractivity contribution is -0.873. The van der Waals surface area contributed by atoms with Crippen LogP contribution in [-0.2, 0) is 9.53 Å². The lowest BCUT2D eigenvalue weighted by atomic mass is 10.2. The number of nitrogens with zero attached hydrogens (tertiary/aromatic N) is 1. The van der Waals surface area contributed by atoms with E-state index in [1.54, 1.807) is 6.92 Å². The first-order chi connectivity index (χ1) is 7.24. The van der Waals surface area contributed by atoms with Crippen LogP contribution in [0.4, 0.5) is 4.79 Å². The molecule has 0 spiro atoms. The second-order valence-corrected chi connectivity index (χ2v) is 4.63. The van der Waals surface area contributed by atoms with Gasteiger partial charge in [-0.15, -0.1) is 0 Å². The Bertz CT molecular complexity index is 248. The molecule has 16 heavy (non-hydrogen) atoms. The second-order valence-electron chi connectivity index (χ2n) is 4.63. The Kier molecular flexibility index (Phi) is 5.81. The van der Waals surface area contributed by atoms with Crippen molar-refractivity contribution >= 4 is 12.1 Å². The van der Waals surface area contributed by atoms with Crippen LogP contribution in [0.15, 0.2) is 0 Å². The molecular weight excluding hydrogens is 212 g/mol. The highest BCUT2D eigenvalue weighted by Gasteiger charge is 2.24. The number of carboxylic acids is 1. The lowest BCUT2D eigenvalue weighted by Crippen LogP contribution is -2.44. The number of amides is 1. The summed E-state index contributed by atoms with van der Waals surface area (Å²) in [7, 11) is 5.74. The van der Waals surface area contributed by atoms with Crippen molar-refractivity contribution in [1.82, 2.24) is 5.32 Å². The van der Waals surface area contributed by atoms with Crippen molar-refractivity contribution in [2.75, 3.05) is 34.2 Å². The van der Waals surface area contributed by atoms with Gasteiger partial charge < -0.3 is 19.6 Å². The fourth-order valence-corrected chi connectivity index (χ4v) is 1.29. The van der Waals surface area contributed by atoms with Gasteiger partial charge in [0.05, 0.1) is 27.6 Å². The van der Waals surface area contributed by atoms with Gasteiger partial charge in [0.25, 0.3) is 0 Å². The molecule has 6 nitrogen and oxygen atoms in total. The predicted octanol–water partition coefficient (Wildman–Crippen LogP) is 0.282. The Balaban J connectivity index is 4.31. The van der Waals surface area contributed by atoms with Crippen LogP contribution in [0.1, 0.15) is 13.3 Å². The van der Waals surface area contributed by atoms with Gasteiger partial charge in [0.1, 0.15) is 6.54 Å². The second kappa shape index (κ2) is 6.32. The summed E-state index contributed by atoms with van der Waals surface area (Å²) in [5.41, 5.74) is 0. The summed E-state index contributed by atoms with van der Waals surface area (Å²) in [5.74, 6) is -0.970. The highest BCUT2D eigenvalue weighted by atomic mass is 16.6. The smallest absolute Gasteiger partial charge is 0.407 e. The number of nitrogens with one attached hydrogen (secondary N) is 1. The maximum absolute atomic E-state index is 11.2. The largest absolute Gasteiger partial charge is 0.481 e. The third-order valence-electron chi connectivity index (χ3n) is 1.75. The molecule has 0 aliphatic carbocycles. The quantitative estimate of drug-likeness (QED) is 0.646. The summed E-state index contributed by atoms with van der Waals surface area (Å²) in [4.78, 5) is 21.8. The average molecular weight is 233 g/mol. The monoisotopic (exact) mass is 233 g/mol. The number of rotatable bonds is 6.